The van der Waals surface area contributed by atoms with Gasteiger partial charge in [0.1, 0.15) is 11.6 Å². The number of aromatic amines is 1. The van der Waals surface area contributed by atoms with E-state index in [4.69, 9.17) is 4.98 Å². The molecule has 2 heterocycles. The molecule has 3 aromatic rings. The van der Waals surface area contributed by atoms with Gasteiger partial charge in [-0.1, -0.05) is 12.1 Å². The molecule has 5 nitrogen and oxygen atoms in total. The maximum atomic E-state index is 4.71. The van der Waals surface area contributed by atoms with Gasteiger partial charge >= 0.3 is 0 Å². The van der Waals surface area contributed by atoms with Crippen molar-refractivity contribution in [2.24, 2.45) is 0 Å². The molecule has 0 amide bonds. The van der Waals surface area contributed by atoms with Gasteiger partial charge in [0.2, 0.25) is 0 Å². The van der Waals surface area contributed by atoms with Gasteiger partial charge in [-0.3, -0.25) is 0 Å². The Hall–Kier alpha value is -2.14. The van der Waals surface area contributed by atoms with Crippen LogP contribution in [0.1, 0.15) is 25.0 Å². The van der Waals surface area contributed by atoms with Crippen molar-refractivity contribution in [1.29, 1.82) is 0 Å². The highest BCUT2D eigenvalue weighted by molar-refractivity contribution is 5.75. The summed E-state index contributed by atoms with van der Waals surface area (Å²) < 4.78 is 2.27. The number of rotatable bonds is 7. The van der Waals surface area contributed by atoms with Gasteiger partial charge in [-0.05, 0) is 32.0 Å². The molecule has 0 aliphatic carbocycles. The van der Waals surface area contributed by atoms with E-state index >= 15 is 0 Å². The molecule has 0 fully saturated rings. The van der Waals surface area contributed by atoms with Crippen LogP contribution in [0, 0.1) is 0 Å². The number of imidazole rings is 2. The first-order valence-corrected chi connectivity index (χ1v) is 7.51. The Labute approximate surface area is 124 Å². The zero-order chi connectivity index (χ0) is 14.5. The van der Waals surface area contributed by atoms with E-state index in [1.807, 2.05) is 12.3 Å². The number of fused-ring (bicyclic) bond motifs is 1. The molecule has 3 rings (SSSR count). The average Bonchev–Trinajstić information content (AvgIpc) is 3.13. The third kappa shape index (κ3) is 3.13. The Kier molecular flexibility index (Phi) is 4.31. The van der Waals surface area contributed by atoms with Crippen LogP contribution in [0.15, 0.2) is 36.7 Å². The van der Waals surface area contributed by atoms with Crippen LogP contribution in [-0.4, -0.2) is 26.1 Å². The van der Waals surface area contributed by atoms with Crippen molar-refractivity contribution in [2.45, 2.75) is 32.9 Å². The summed E-state index contributed by atoms with van der Waals surface area (Å²) in [6.07, 6.45) is 5.71. The molecule has 0 aliphatic heterocycles. The van der Waals surface area contributed by atoms with E-state index in [1.165, 1.54) is 5.52 Å². The summed E-state index contributed by atoms with van der Waals surface area (Å²) in [6.45, 7) is 4.88. The molecule has 2 N–H and O–H groups in total. The topological polar surface area (TPSA) is 58.5 Å². The Bertz CT molecular complexity index is 684. The van der Waals surface area contributed by atoms with Crippen LogP contribution in [0.5, 0.6) is 0 Å². The lowest BCUT2D eigenvalue weighted by molar-refractivity contribution is 0.598. The number of H-pyrrole nitrogens is 1. The molecule has 0 spiro atoms. The lowest BCUT2D eigenvalue weighted by Gasteiger charge is -2.07. The van der Waals surface area contributed by atoms with Gasteiger partial charge in [0.15, 0.2) is 0 Å². The second kappa shape index (κ2) is 6.54. The number of nitrogens with zero attached hydrogens (tertiary/aromatic N) is 3. The molecule has 0 atom stereocenters. The van der Waals surface area contributed by atoms with Crippen molar-refractivity contribution in [1.82, 2.24) is 24.8 Å². The van der Waals surface area contributed by atoms with Gasteiger partial charge in [0, 0.05) is 25.4 Å². The summed E-state index contributed by atoms with van der Waals surface area (Å²) in [4.78, 5) is 12.1. The Balaban J connectivity index is 1.55. The molecule has 0 radical (unpaired) electrons. The number of nitrogens with one attached hydrogen (secondary N) is 2. The summed E-state index contributed by atoms with van der Waals surface area (Å²) in [5, 5.41) is 3.47. The maximum absolute atomic E-state index is 4.71. The highest BCUT2D eigenvalue weighted by atomic mass is 15.1. The number of aromatic nitrogens is 4. The van der Waals surface area contributed by atoms with Crippen LogP contribution in [0.2, 0.25) is 0 Å². The Morgan fingerprint density at radius 2 is 2.19 bits per heavy atom. The molecule has 0 saturated carbocycles. The van der Waals surface area contributed by atoms with Crippen molar-refractivity contribution in [3.8, 4) is 0 Å². The normalized spacial score (nSPS) is 11.3. The Morgan fingerprint density at radius 1 is 1.29 bits per heavy atom. The van der Waals surface area contributed by atoms with Crippen molar-refractivity contribution < 1.29 is 0 Å². The lowest BCUT2D eigenvalue weighted by Crippen LogP contribution is -2.18. The fourth-order valence-corrected chi connectivity index (χ4v) is 2.63. The fraction of sp³-hybridized carbons (Fsp3) is 0.375. The van der Waals surface area contributed by atoms with Gasteiger partial charge in [0.05, 0.1) is 17.6 Å². The van der Waals surface area contributed by atoms with E-state index < -0.39 is 0 Å². The number of hydrogen-bond donors (Lipinski definition) is 2. The maximum Gasteiger partial charge on any atom is 0.123 e. The zero-order valence-electron chi connectivity index (χ0n) is 12.3. The first-order valence-electron chi connectivity index (χ1n) is 7.51. The summed E-state index contributed by atoms with van der Waals surface area (Å²) >= 11 is 0. The van der Waals surface area contributed by atoms with Crippen molar-refractivity contribution >= 4 is 11.0 Å². The first kappa shape index (κ1) is 13.8. The van der Waals surface area contributed by atoms with Gasteiger partial charge in [-0.15, -0.1) is 0 Å². The summed E-state index contributed by atoms with van der Waals surface area (Å²) in [6, 6.07) is 8.31. The van der Waals surface area contributed by atoms with E-state index in [1.54, 1.807) is 6.20 Å². The van der Waals surface area contributed by atoms with Gasteiger partial charge < -0.3 is 14.9 Å². The smallest absolute Gasteiger partial charge is 0.123 e. The molecule has 110 valence electrons. The average molecular weight is 283 g/mol. The van der Waals surface area contributed by atoms with Crippen molar-refractivity contribution in [3.63, 3.8) is 0 Å². The highest BCUT2D eigenvalue weighted by Crippen LogP contribution is 2.15. The third-order valence-corrected chi connectivity index (χ3v) is 3.65. The van der Waals surface area contributed by atoms with Crippen molar-refractivity contribution in [3.05, 3.63) is 48.3 Å². The molecule has 21 heavy (non-hydrogen) atoms. The Morgan fingerprint density at radius 3 is 3.00 bits per heavy atom. The van der Waals surface area contributed by atoms with Crippen LogP contribution in [0.4, 0.5) is 0 Å². The zero-order valence-corrected chi connectivity index (χ0v) is 12.3. The predicted molar refractivity (Wildman–Crippen MR) is 84.0 cm³/mol. The van der Waals surface area contributed by atoms with E-state index in [0.717, 1.165) is 49.6 Å². The largest absolute Gasteiger partial charge is 0.349 e. The highest BCUT2D eigenvalue weighted by Gasteiger charge is 2.08. The number of aryl methyl sites for hydroxylation is 2. The van der Waals surface area contributed by atoms with E-state index in [0.29, 0.717) is 0 Å². The molecule has 5 heteroatoms. The lowest BCUT2D eigenvalue weighted by atomic mass is 10.3. The van der Waals surface area contributed by atoms with E-state index in [9.17, 15) is 0 Å². The second-order valence-corrected chi connectivity index (χ2v) is 5.08. The number of hydrogen-bond acceptors (Lipinski definition) is 3. The molecular weight excluding hydrogens is 262 g/mol. The van der Waals surface area contributed by atoms with Gasteiger partial charge in [-0.2, -0.15) is 0 Å². The summed E-state index contributed by atoms with van der Waals surface area (Å²) in [7, 11) is 0. The quantitative estimate of drug-likeness (QED) is 0.655. The minimum Gasteiger partial charge on any atom is -0.349 e. The van der Waals surface area contributed by atoms with E-state index in [2.05, 4.69) is 45.0 Å². The van der Waals surface area contributed by atoms with Crippen LogP contribution >= 0.6 is 0 Å². The number of para-hydroxylation sites is 2. The third-order valence-electron chi connectivity index (χ3n) is 3.65. The fourth-order valence-electron chi connectivity index (χ4n) is 2.63. The number of benzene rings is 1. The van der Waals surface area contributed by atoms with Gasteiger partial charge in [-0.25, -0.2) is 9.97 Å². The van der Waals surface area contributed by atoms with Crippen molar-refractivity contribution in [2.75, 3.05) is 6.54 Å². The minimum atomic E-state index is 0.806. The molecule has 0 unspecified atom stereocenters. The summed E-state index contributed by atoms with van der Waals surface area (Å²) in [5.41, 5.74) is 2.29. The van der Waals surface area contributed by atoms with Crippen LogP contribution in [0.3, 0.4) is 0 Å². The van der Waals surface area contributed by atoms with Crippen LogP contribution in [0.25, 0.3) is 11.0 Å². The van der Waals surface area contributed by atoms with Crippen LogP contribution < -0.4 is 5.32 Å². The molecular formula is C16H21N5. The second-order valence-electron chi connectivity index (χ2n) is 5.08. The first-order chi connectivity index (χ1) is 10.4. The monoisotopic (exact) mass is 283 g/mol. The van der Waals surface area contributed by atoms with Gasteiger partial charge in [0.25, 0.3) is 0 Å². The summed E-state index contributed by atoms with van der Waals surface area (Å²) in [5.74, 6) is 2.16. The van der Waals surface area contributed by atoms with Crippen LogP contribution in [-0.2, 0) is 19.5 Å². The van der Waals surface area contributed by atoms with E-state index in [-0.39, 0.29) is 0 Å². The molecule has 2 aromatic heterocycles. The molecule has 1 aromatic carbocycles. The SMILES string of the molecule is CCn1c(CNCCCc2ncc[nH]2)nc2ccccc21. The molecule has 0 aliphatic rings. The standard InChI is InChI=1S/C16H21N5/c1-2-21-14-7-4-3-6-13(14)20-16(21)12-17-9-5-8-15-18-10-11-19-15/h3-4,6-7,10-11,17H,2,5,8-9,12H2,1H3,(H,18,19). The molecule has 0 bridgehead atoms. The minimum absolute atomic E-state index is 0.806. The molecule has 0 saturated heterocycles. The predicted octanol–water partition coefficient (Wildman–Crippen LogP) is 2.50.